The molecule has 0 radical (unpaired) electrons. The Labute approximate surface area is 210 Å². The fourth-order valence-corrected chi connectivity index (χ4v) is 10.2. The Morgan fingerprint density at radius 1 is 0.636 bits per heavy atom. The largest absolute Gasteiger partial charge is 0.409 e. The molecule has 5 heteroatoms. The summed E-state index contributed by atoms with van der Waals surface area (Å²) >= 11 is 0. The lowest BCUT2D eigenvalue weighted by molar-refractivity contribution is 0.147. The third-order valence-corrected chi connectivity index (χ3v) is 12.8. The predicted octanol–water partition coefficient (Wildman–Crippen LogP) is 9.69. The Hall–Kier alpha value is -0.206. The van der Waals surface area contributed by atoms with Crippen molar-refractivity contribution in [2.24, 2.45) is 0 Å². The molecule has 0 saturated heterocycles. The van der Waals surface area contributed by atoms with Gasteiger partial charge in [0.2, 0.25) is 0 Å². The summed E-state index contributed by atoms with van der Waals surface area (Å²) in [5.74, 6) is 0. The van der Waals surface area contributed by atoms with Crippen LogP contribution in [0.15, 0.2) is 24.6 Å². The molecule has 0 aliphatic carbocycles. The van der Waals surface area contributed by atoms with E-state index in [0.717, 1.165) is 19.4 Å². The maximum Gasteiger partial charge on any atom is 0.352 e. The molecule has 0 saturated carbocycles. The number of hydrogen-bond acceptors (Lipinski definition) is 3. The van der Waals surface area contributed by atoms with Crippen LogP contribution in [0, 0.1) is 0 Å². The van der Waals surface area contributed by atoms with Gasteiger partial charge in [0.05, 0.1) is 0 Å². The molecule has 196 valence electrons. The molecule has 3 nitrogen and oxygen atoms in total. The lowest BCUT2D eigenvalue weighted by Gasteiger charge is -2.35. The highest BCUT2D eigenvalue weighted by Gasteiger charge is 2.40. The molecule has 3 unspecified atom stereocenters. The van der Waals surface area contributed by atoms with E-state index in [4.69, 9.17) is 13.0 Å². The first-order chi connectivity index (χ1) is 15.8. The van der Waals surface area contributed by atoms with Gasteiger partial charge in [0.15, 0.2) is 0 Å². The van der Waals surface area contributed by atoms with E-state index in [0.29, 0.717) is 0 Å². The van der Waals surface area contributed by atoms with Crippen molar-refractivity contribution in [3.63, 3.8) is 0 Å². The van der Waals surface area contributed by atoms with Crippen molar-refractivity contribution in [1.82, 2.24) is 0 Å². The van der Waals surface area contributed by atoms with Gasteiger partial charge in [-0.1, -0.05) is 122 Å². The van der Waals surface area contributed by atoms with Crippen molar-refractivity contribution in [2.75, 3.05) is 6.61 Å². The van der Waals surface area contributed by atoms with Gasteiger partial charge in [0.25, 0.3) is 0 Å². The van der Waals surface area contributed by atoms with Crippen molar-refractivity contribution in [1.29, 1.82) is 0 Å². The summed E-state index contributed by atoms with van der Waals surface area (Å²) in [5.41, 5.74) is 3.79. The number of unbranched alkanes of at least 4 members (excludes halogenated alkanes) is 14. The first-order valence-corrected chi connectivity index (χ1v) is 18.9. The zero-order valence-electron chi connectivity index (χ0n) is 23.1. The van der Waals surface area contributed by atoms with Gasteiger partial charge in [-0.05, 0) is 32.9 Å². The van der Waals surface area contributed by atoms with E-state index in [1.54, 1.807) is 0 Å². The SMILES string of the molecule is C=C[Si](C)(OCCCCCCCCCCCCCCC)O[Si](C)(C=C)OC(C)CCCCC. The lowest BCUT2D eigenvalue weighted by atomic mass is 10.0. The third kappa shape index (κ3) is 18.8. The molecule has 0 spiro atoms. The van der Waals surface area contributed by atoms with Crippen molar-refractivity contribution in [2.45, 2.75) is 149 Å². The Morgan fingerprint density at radius 2 is 1.06 bits per heavy atom. The molecule has 0 fully saturated rings. The van der Waals surface area contributed by atoms with E-state index < -0.39 is 17.1 Å². The Kier molecular flexibility index (Phi) is 21.0. The van der Waals surface area contributed by atoms with Crippen LogP contribution in [0.1, 0.15) is 130 Å². The Morgan fingerprint density at radius 3 is 1.52 bits per heavy atom. The molecule has 0 rings (SSSR count). The van der Waals surface area contributed by atoms with Crippen LogP contribution < -0.4 is 0 Å². The molecule has 3 atom stereocenters. The summed E-state index contributed by atoms with van der Waals surface area (Å²) in [6.07, 6.45) is 22.6. The van der Waals surface area contributed by atoms with Gasteiger partial charge in [-0.3, -0.25) is 0 Å². The van der Waals surface area contributed by atoms with Gasteiger partial charge in [0, 0.05) is 12.7 Å². The molecule has 0 aliphatic heterocycles. The molecule has 0 bridgehead atoms. The second-order valence-corrected chi connectivity index (χ2v) is 16.3. The molecule has 33 heavy (non-hydrogen) atoms. The van der Waals surface area contributed by atoms with E-state index in [2.05, 4.69) is 47.0 Å². The van der Waals surface area contributed by atoms with Crippen LogP contribution in [0.3, 0.4) is 0 Å². The maximum atomic E-state index is 6.51. The Bertz CT molecular complexity index is 474. The average molecular weight is 499 g/mol. The second kappa shape index (κ2) is 21.1. The lowest BCUT2D eigenvalue weighted by Crippen LogP contribution is -2.51. The minimum Gasteiger partial charge on any atom is -0.409 e. The van der Waals surface area contributed by atoms with E-state index in [1.807, 2.05) is 11.4 Å². The quantitative estimate of drug-likeness (QED) is 0.0925. The zero-order chi connectivity index (χ0) is 24.8. The highest BCUT2D eigenvalue weighted by atomic mass is 28.5. The van der Waals surface area contributed by atoms with E-state index >= 15 is 0 Å². The van der Waals surface area contributed by atoms with Crippen LogP contribution >= 0.6 is 0 Å². The highest BCUT2D eigenvalue weighted by Crippen LogP contribution is 2.22. The minimum absolute atomic E-state index is 0.190. The van der Waals surface area contributed by atoms with Crippen LogP contribution in [0.4, 0.5) is 0 Å². The van der Waals surface area contributed by atoms with Gasteiger partial charge in [-0.15, -0.1) is 13.2 Å². The monoisotopic (exact) mass is 498 g/mol. The molecule has 0 aromatic rings. The summed E-state index contributed by atoms with van der Waals surface area (Å²) in [6.45, 7) is 19.6. The molecular formula is C28H58O3Si2. The minimum atomic E-state index is -2.48. The van der Waals surface area contributed by atoms with Crippen LogP contribution in [0.2, 0.25) is 13.1 Å². The summed E-state index contributed by atoms with van der Waals surface area (Å²) < 4.78 is 19.1. The number of hydrogen-bond donors (Lipinski definition) is 0. The standard InChI is InChI=1S/C28H58O3Si2/c1-8-12-14-15-16-17-18-19-20-21-22-23-25-27-29-32(6,10-3)31-33(7,11-4)30-28(5)26-24-13-9-2/h10-11,28H,3-4,8-9,12-27H2,1-2,5-7H3. The van der Waals surface area contributed by atoms with E-state index in [1.165, 1.54) is 96.3 Å². The zero-order valence-corrected chi connectivity index (χ0v) is 25.1. The predicted molar refractivity (Wildman–Crippen MR) is 151 cm³/mol. The summed E-state index contributed by atoms with van der Waals surface area (Å²) in [4.78, 5) is 0. The second-order valence-electron chi connectivity index (χ2n) is 10.1. The molecule has 0 aliphatic rings. The van der Waals surface area contributed by atoms with Crippen molar-refractivity contribution in [3.05, 3.63) is 24.6 Å². The summed E-state index contributed by atoms with van der Waals surface area (Å²) in [7, 11) is -4.94. The van der Waals surface area contributed by atoms with Gasteiger partial charge < -0.3 is 13.0 Å². The van der Waals surface area contributed by atoms with Gasteiger partial charge in [-0.25, -0.2) is 0 Å². The smallest absolute Gasteiger partial charge is 0.352 e. The summed E-state index contributed by atoms with van der Waals surface area (Å²) in [5, 5.41) is 0. The van der Waals surface area contributed by atoms with Gasteiger partial charge in [0.1, 0.15) is 0 Å². The van der Waals surface area contributed by atoms with Crippen LogP contribution in [-0.2, 0) is 13.0 Å². The van der Waals surface area contributed by atoms with Crippen LogP contribution in [-0.4, -0.2) is 29.8 Å². The van der Waals surface area contributed by atoms with E-state index in [9.17, 15) is 0 Å². The first-order valence-electron chi connectivity index (χ1n) is 14.1. The first kappa shape index (κ1) is 32.8. The topological polar surface area (TPSA) is 27.7 Å². The molecule has 0 amide bonds. The van der Waals surface area contributed by atoms with Crippen LogP contribution in [0.25, 0.3) is 0 Å². The molecule has 0 aromatic carbocycles. The van der Waals surface area contributed by atoms with Crippen molar-refractivity contribution < 1.29 is 13.0 Å². The fourth-order valence-electron chi connectivity index (χ4n) is 4.18. The summed E-state index contributed by atoms with van der Waals surface area (Å²) in [6, 6.07) is 0. The normalized spacial score (nSPS) is 16.2. The average Bonchev–Trinajstić information content (AvgIpc) is 2.79. The molecule has 0 aromatic heterocycles. The fraction of sp³-hybridized carbons (Fsp3) is 0.857. The van der Waals surface area contributed by atoms with Crippen LogP contribution in [0.5, 0.6) is 0 Å². The highest BCUT2D eigenvalue weighted by molar-refractivity contribution is 6.84. The van der Waals surface area contributed by atoms with Crippen molar-refractivity contribution in [3.8, 4) is 0 Å². The van der Waals surface area contributed by atoms with Gasteiger partial charge >= 0.3 is 17.1 Å². The third-order valence-electron chi connectivity index (χ3n) is 6.43. The Balaban J connectivity index is 3.99. The van der Waals surface area contributed by atoms with Gasteiger partial charge in [-0.2, -0.15) is 0 Å². The van der Waals surface area contributed by atoms with E-state index in [-0.39, 0.29) is 6.10 Å². The molecular weight excluding hydrogens is 440 g/mol. The molecule has 0 heterocycles. The maximum absolute atomic E-state index is 6.51. The number of rotatable bonds is 25. The molecule has 0 N–H and O–H groups in total. The van der Waals surface area contributed by atoms with Crippen molar-refractivity contribution >= 4 is 17.1 Å².